The quantitative estimate of drug-likeness (QED) is 0.157. The van der Waals surface area contributed by atoms with Gasteiger partial charge in [0.25, 0.3) is 0 Å². The van der Waals surface area contributed by atoms with E-state index in [0.29, 0.717) is 11.8 Å². The minimum atomic E-state index is -0.826. The molecule has 0 atom stereocenters. The van der Waals surface area contributed by atoms with E-state index in [-0.39, 0.29) is 0 Å². The van der Waals surface area contributed by atoms with Gasteiger partial charge in [0.05, 0.1) is 0 Å². The summed E-state index contributed by atoms with van der Waals surface area (Å²) in [6, 6.07) is 27.4. The third-order valence-corrected chi connectivity index (χ3v) is 9.66. The molecule has 0 amide bonds. The Morgan fingerprint density at radius 2 is 0.755 bits per heavy atom. The Labute approximate surface area is 316 Å². The third kappa shape index (κ3) is 9.08. The van der Waals surface area contributed by atoms with E-state index in [1.165, 1.54) is 99.4 Å². The van der Waals surface area contributed by atoms with Crippen LogP contribution in [0.25, 0.3) is 43.8 Å². The van der Waals surface area contributed by atoms with Gasteiger partial charge in [0.15, 0.2) is 0 Å². The number of hydrogen-bond acceptors (Lipinski definition) is 0. The van der Waals surface area contributed by atoms with Crippen LogP contribution in [0, 0.1) is 62.3 Å². The zero-order chi connectivity index (χ0) is 36.7. The monoisotopic (exact) mass is 767 g/mol. The Balaban J connectivity index is 0.000000235. The average Bonchev–Trinajstić information content (AvgIpc) is 3.69. The molecular weight excluding hydrogens is 715 g/mol. The van der Waals surface area contributed by atoms with Gasteiger partial charge in [0.2, 0.25) is 0 Å². The van der Waals surface area contributed by atoms with E-state index < -0.39 is 20.8 Å². The molecule has 0 aliphatic carbocycles. The van der Waals surface area contributed by atoms with Crippen molar-refractivity contribution in [3.05, 3.63) is 135 Å². The van der Waals surface area contributed by atoms with Gasteiger partial charge in [0.1, 0.15) is 0 Å². The zero-order valence-corrected chi connectivity index (χ0v) is 36.0. The molecule has 0 unspecified atom stereocenters. The summed E-state index contributed by atoms with van der Waals surface area (Å²) in [6.45, 7) is 31.9. The van der Waals surface area contributed by atoms with E-state index in [4.69, 9.17) is 17.0 Å². The van der Waals surface area contributed by atoms with Crippen molar-refractivity contribution in [2.75, 3.05) is 0 Å². The van der Waals surface area contributed by atoms with Crippen LogP contribution in [0.3, 0.4) is 0 Å². The van der Waals surface area contributed by atoms with Gasteiger partial charge >= 0.3 is 37.9 Å². The molecule has 0 saturated heterocycles. The van der Waals surface area contributed by atoms with Crippen LogP contribution in [-0.2, 0) is 20.8 Å². The molecule has 0 aliphatic heterocycles. The van der Waals surface area contributed by atoms with Crippen LogP contribution in [0.5, 0.6) is 0 Å². The van der Waals surface area contributed by atoms with Crippen LogP contribution in [0.2, 0.25) is 0 Å². The third-order valence-electron chi connectivity index (χ3n) is 9.66. The van der Waals surface area contributed by atoms with Gasteiger partial charge in [-0.25, -0.2) is 0 Å². The van der Waals surface area contributed by atoms with Gasteiger partial charge in [-0.05, 0) is 86.8 Å². The van der Waals surface area contributed by atoms with Gasteiger partial charge in [-0.15, -0.1) is 55.9 Å². The number of rotatable bonds is 4. The molecule has 0 nitrogen and oxygen atoms in total. The number of benzene rings is 4. The predicted octanol–water partition coefficient (Wildman–Crippen LogP) is 15.4. The molecular formula is C46H55Cl2Zr-3. The second kappa shape index (κ2) is 18.2. The molecule has 6 rings (SSSR count). The van der Waals surface area contributed by atoms with Gasteiger partial charge in [0, 0.05) is 0 Å². The Morgan fingerprint density at radius 3 is 1.02 bits per heavy atom. The molecule has 49 heavy (non-hydrogen) atoms. The summed E-state index contributed by atoms with van der Waals surface area (Å²) in [4.78, 5) is 0. The number of aryl methyl sites for hydroxylation is 8. The maximum absolute atomic E-state index is 4.93. The van der Waals surface area contributed by atoms with Crippen LogP contribution in [0.1, 0.15) is 102 Å². The number of fused-ring (bicyclic) bond motifs is 2. The van der Waals surface area contributed by atoms with Crippen LogP contribution >= 0.6 is 17.0 Å². The standard InChI is InChI=1S/2C22H25.C2H5.2ClH.Zr/c2*1-13(2)18-11-19-16(5)10-17(6)22(20(19)12-18)21-14(3)8-7-9-15(21)4;1-2;;;/h2*7-13H,1-6H3;1H2,2H3;2*1H;/q3*-1;;;+2/p-2. The topological polar surface area (TPSA) is 0 Å². The van der Waals surface area contributed by atoms with Crippen LogP contribution in [0.4, 0.5) is 0 Å². The van der Waals surface area contributed by atoms with Crippen molar-refractivity contribution in [2.45, 2.75) is 102 Å². The summed E-state index contributed by atoms with van der Waals surface area (Å²) in [7, 11) is 9.87. The second-order valence-corrected chi connectivity index (χ2v) is 17.6. The number of hydrogen-bond donors (Lipinski definition) is 0. The summed E-state index contributed by atoms with van der Waals surface area (Å²) in [5, 5.41) is 5.65. The van der Waals surface area contributed by atoms with Crippen molar-refractivity contribution in [1.29, 1.82) is 0 Å². The molecule has 0 saturated carbocycles. The van der Waals surface area contributed by atoms with E-state index in [1.54, 1.807) is 6.92 Å². The Kier molecular flexibility index (Phi) is 15.2. The molecule has 6 aromatic rings. The Morgan fingerprint density at radius 1 is 0.469 bits per heavy atom. The molecule has 6 aromatic carbocycles. The fourth-order valence-corrected chi connectivity index (χ4v) is 7.25. The van der Waals surface area contributed by atoms with Crippen molar-refractivity contribution in [3.8, 4) is 22.3 Å². The molecule has 0 bridgehead atoms. The molecule has 0 N–H and O–H groups in total. The van der Waals surface area contributed by atoms with Gasteiger partial charge < -0.3 is 6.92 Å². The average molecular weight is 770 g/mol. The summed E-state index contributed by atoms with van der Waals surface area (Å²) in [5.41, 5.74) is 19.5. The van der Waals surface area contributed by atoms with E-state index in [1.807, 2.05) is 0 Å². The van der Waals surface area contributed by atoms with Gasteiger partial charge in [-0.1, -0.05) is 112 Å². The van der Waals surface area contributed by atoms with Crippen molar-refractivity contribution < 1.29 is 20.8 Å². The summed E-state index contributed by atoms with van der Waals surface area (Å²) >= 11 is -0.826. The molecule has 3 heteroatoms. The van der Waals surface area contributed by atoms with E-state index >= 15 is 0 Å². The first-order chi connectivity index (χ1) is 23.2. The molecule has 0 fully saturated rings. The van der Waals surface area contributed by atoms with Gasteiger partial charge in [-0.2, -0.15) is 19.1 Å². The molecule has 0 radical (unpaired) electrons. The summed E-state index contributed by atoms with van der Waals surface area (Å²) in [5.74, 6) is 1.14. The van der Waals surface area contributed by atoms with Crippen molar-refractivity contribution in [2.24, 2.45) is 0 Å². The van der Waals surface area contributed by atoms with Crippen LogP contribution < -0.4 is 0 Å². The van der Waals surface area contributed by atoms with Crippen LogP contribution in [0.15, 0.2) is 72.8 Å². The van der Waals surface area contributed by atoms with E-state index in [2.05, 4.69) is 163 Å². The minimum absolute atomic E-state index is 0.568. The van der Waals surface area contributed by atoms with Crippen LogP contribution in [-0.4, -0.2) is 0 Å². The SMILES string of the molecule is Cc1cccc(C)c1-c1c(C)cc(C)c2[cH-]c(C(C)C)cc12.Cc1cccc(C)c1-c1c(C)cc(C)c2[cH-]c(C(C)C)cc12.[CH2-]C.[Cl][Zr][Cl]. The molecule has 0 spiro atoms. The fourth-order valence-electron chi connectivity index (χ4n) is 7.25. The first-order valence-electron chi connectivity index (χ1n) is 17.4. The molecule has 260 valence electrons. The molecule has 0 aliphatic rings. The zero-order valence-electron chi connectivity index (χ0n) is 32.0. The maximum atomic E-state index is 4.93. The van der Waals surface area contributed by atoms with Crippen molar-refractivity contribution >= 4 is 38.6 Å². The Bertz CT molecular complexity index is 1830. The summed E-state index contributed by atoms with van der Waals surface area (Å²) < 4.78 is 0. The van der Waals surface area contributed by atoms with E-state index in [0.717, 1.165) is 0 Å². The second-order valence-electron chi connectivity index (χ2n) is 13.9. The molecule has 0 heterocycles. The molecule has 0 aromatic heterocycles. The fraction of sp³-hybridized carbons (Fsp3) is 0.326. The normalized spacial score (nSPS) is 10.8. The van der Waals surface area contributed by atoms with Crippen molar-refractivity contribution in [1.82, 2.24) is 0 Å². The Hall–Kier alpha value is -2.44. The van der Waals surface area contributed by atoms with Gasteiger partial charge in [-0.3, -0.25) is 0 Å². The van der Waals surface area contributed by atoms with Crippen molar-refractivity contribution in [3.63, 3.8) is 0 Å². The summed E-state index contributed by atoms with van der Waals surface area (Å²) in [6.07, 6.45) is 0. The number of halogens is 2. The first-order valence-corrected chi connectivity index (χ1v) is 23.8. The van der Waals surface area contributed by atoms with E-state index in [9.17, 15) is 0 Å². The predicted molar refractivity (Wildman–Crippen MR) is 219 cm³/mol. The first kappa shape index (κ1) is 41.0.